The number of aromatic nitrogens is 2. The smallest absolute Gasteiger partial charge is 0.175 e. The van der Waals surface area contributed by atoms with Gasteiger partial charge in [-0.1, -0.05) is 53.5 Å². The van der Waals surface area contributed by atoms with Crippen molar-refractivity contribution in [3.05, 3.63) is 99.8 Å². The summed E-state index contributed by atoms with van der Waals surface area (Å²) in [5.74, 6) is -0.0672. The maximum atomic E-state index is 15.4. The zero-order chi connectivity index (χ0) is 25.5. The van der Waals surface area contributed by atoms with E-state index >= 15 is 4.39 Å². The molecule has 0 spiro atoms. The number of rotatable bonds is 6. The van der Waals surface area contributed by atoms with E-state index in [0.717, 1.165) is 6.26 Å². The van der Waals surface area contributed by atoms with Crippen LogP contribution in [0.15, 0.2) is 71.8 Å². The first-order valence-corrected chi connectivity index (χ1v) is 13.3. The van der Waals surface area contributed by atoms with Crippen LogP contribution >= 0.6 is 23.2 Å². The predicted molar refractivity (Wildman–Crippen MR) is 137 cm³/mol. The Balaban J connectivity index is 1.80. The first-order chi connectivity index (χ1) is 16.3. The standard InChI is InChI=1S/C26H23Cl2FN2O3S/c1-26(2,32)23-15-31(24(30-23)14-18-7-5-9-20(27)25(18)28)22-11-10-17(13-21(22)29)16-6-4-8-19(12-16)35(3,33)34/h4-13,15,32H,14H2,1-3H3. The summed E-state index contributed by atoms with van der Waals surface area (Å²) in [7, 11) is -3.40. The Labute approximate surface area is 213 Å². The van der Waals surface area contributed by atoms with Gasteiger partial charge in [0.15, 0.2) is 9.84 Å². The molecule has 0 aliphatic rings. The lowest BCUT2D eigenvalue weighted by atomic mass is 10.0. The van der Waals surface area contributed by atoms with Crippen molar-refractivity contribution in [2.45, 2.75) is 30.8 Å². The summed E-state index contributed by atoms with van der Waals surface area (Å²) >= 11 is 12.5. The SMILES string of the molecule is CC(C)(O)c1cn(-c2ccc(-c3cccc(S(C)(=O)=O)c3)cc2F)c(Cc2cccc(Cl)c2Cl)n1. The quantitative estimate of drug-likeness (QED) is 0.320. The van der Waals surface area contributed by atoms with Crippen molar-refractivity contribution in [3.8, 4) is 16.8 Å². The lowest BCUT2D eigenvalue weighted by molar-refractivity contribution is 0.0741. The van der Waals surface area contributed by atoms with Gasteiger partial charge in [0.1, 0.15) is 17.2 Å². The van der Waals surface area contributed by atoms with E-state index < -0.39 is 21.3 Å². The van der Waals surface area contributed by atoms with Crippen LogP contribution in [0.3, 0.4) is 0 Å². The molecule has 0 amide bonds. The maximum absolute atomic E-state index is 15.4. The summed E-state index contributed by atoms with van der Waals surface area (Å²) in [6.07, 6.45) is 2.98. The fourth-order valence-electron chi connectivity index (χ4n) is 3.69. The van der Waals surface area contributed by atoms with Gasteiger partial charge in [-0.25, -0.2) is 17.8 Å². The highest BCUT2D eigenvalue weighted by molar-refractivity contribution is 7.90. The van der Waals surface area contributed by atoms with E-state index in [-0.39, 0.29) is 17.0 Å². The largest absolute Gasteiger partial charge is 0.384 e. The first kappa shape index (κ1) is 25.4. The van der Waals surface area contributed by atoms with Gasteiger partial charge in [0.25, 0.3) is 0 Å². The van der Waals surface area contributed by atoms with Crippen LogP contribution in [0.25, 0.3) is 16.8 Å². The minimum absolute atomic E-state index is 0.157. The van der Waals surface area contributed by atoms with E-state index in [1.807, 2.05) is 6.07 Å². The van der Waals surface area contributed by atoms with E-state index in [0.29, 0.717) is 38.3 Å². The molecule has 1 N–H and O–H groups in total. The number of aliphatic hydroxyl groups is 1. The molecule has 4 aromatic rings. The molecule has 182 valence electrons. The van der Waals surface area contributed by atoms with Crippen LogP contribution in [0, 0.1) is 5.82 Å². The molecule has 0 unspecified atom stereocenters. The minimum atomic E-state index is -3.40. The van der Waals surface area contributed by atoms with Crippen molar-refractivity contribution in [2.24, 2.45) is 0 Å². The number of benzene rings is 3. The molecule has 0 saturated carbocycles. The lowest BCUT2D eigenvalue weighted by Crippen LogP contribution is -2.16. The van der Waals surface area contributed by atoms with Gasteiger partial charge in [-0.05, 0) is 60.9 Å². The molecule has 0 saturated heterocycles. The Morgan fingerprint density at radius 2 is 1.71 bits per heavy atom. The molecule has 0 aliphatic carbocycles. The van der Waals surface area contributed by atoms with Crippen LogP contribution in [-0.4, -0.2) is 29.3 Å². The molecule has 9 heteroatoms. The first-order valence-electron chi connectivity index (χ1n) is 10.7. The average Bonchev–Trinajstić information content (AvgIpc) is 3.20. The highest BCUT2D eigenvalue weighted by Crippen LogP contribution is 2.31. The highest BCUT2D eigenvalue weighted by Gasteiger charge is 2.24. The Morgan fingerprint density at radius 3 is 2.37 bits per heavy atom. The topological polar surface area (TPSA) is 72.2 Å². The second kappa shape index (κ2) is 9.39. The third-order valence-corrected chi connectivity index (χ3v) is 7.56. The summed E-state index contributed by atoms with van der Waals surface area (Å²) in [4.78, 5) is 4.72. The van der Waals surface area contributed by atoms with Crippen LogP contribution in [-0.2, 0) is 21.9 Å². The van der Waals surface area contributed by atoms with E-state index in [1.54, 1.807) is 61.0 Å². The van der Waals surface area contributed by atoms with Crippen LogP contribution < -0.4 is 0 Å². The fraction of sp³-hybridized carbons (Fsp3) is 0.192. The summed E-state index contributed by atoms with van der Waals surface area (Å²) in [6.45, 7) is 3.20. The second-order valence-electron chi connectivity index (χ2n) is 8.83. The van der Waals surface area contributed by atoms with Gasteiger partial charge >= 0.3 is 0 Å². The molecular formula is C26H23Cl2FN2O3S. The van der Waals surface area contributed by atoms with Crippen molar-refractivity contribution >= 4 is 33.0 Å². The summed E-state index contributed by atoms with van der Waals surface area (Å²) in [5, 5.41) is 11.3. The summed E-state index contributed by atoms with van der Waals surface area (Å²) < 4.78 is 40.9. The molecule has 0 radical (unpaired) electrons. The number of imidazole rings is 1. The van der Waals surface area contributed by atoms with Crippen LogP contribution in [0.2, 0.25) is 10.0 Å². The summed E-state index contributed by atoms with van der Waals surface area (Å²) in [6, 6.07) is 16.3. The second-order valence-corrected chi connectivity index (χ2v) is 11.6. The fourth-order valence-corrected chi connectivity index (χ4v) is 4.74. The molecule has 0 bridgehead atoms. The molecule has 1 heterocycles. The van der Waals surface area contributed by atoms with Gasteiger partial charge in [0.05, 0.1) is 26.3 Å². The van der Waals surface area contributed by atoms with Crippen molar-refractivity contribution in [2.75, 3.05) is 6.26 Å². The highest BCUT2D eigenvalue weighted by atomic mass is 35.5. The number of sulfone groups is 1. The third kappa shape index (κ3) is 5.43. The van der Waals surface area contributed by atoms with Gasteiger partial charge in [-0.2, -0.15) is 0 Å². The Morgan fingerprint density at radius 1 is 1.03 bits per heavy atom. The lowest BCUT2D eigenvalue weighted by Gasteiger charge is -2.13. The zero-order valence-corrected chi connectivity index (χ0v) is 21.6. The van der Waals surface area contributed by atoms with Crippen LogP contribution in [0.1, 0.15) is 30.9 Å². The van der Waals surface area contributed by atoms with E-state index in [2.05, 4.69) is 4.98 Å². The summed E-state index contributed by atoms with van der Waals surface area (Å²) in [5.41, 5.74) is 1.16. The maximum Gasteiger partial charge on any atom is 0.175 e. The zero-order valence-electron chi connectivity index (χ0n) is 19.3. The van der Waals surface area contributed by atoms with E-state index in [9.17, 15) is 13.5 Å². The van der Waals surface area contributed by atoms with E-state index in [1.165, 1.54) is 18.2 Å². The number of hydrogen-bond acceptors (Lipinski definition) is 4. The predicted octanol–water partition coefficient (Wildman–Crippen LogP) is 6.21. The van der Waals surface area contributed by atoms with Gasteiger partial charge in [-0.15, -0.1) is 0 Å². The van der Waals surface area contributed by atoms with Crippen LogP contribution in [0.5, 0.6) is 0 Å². The third-order valence-electron chi connectivity index (χ3n) is 5.59. The normalized spacial score (nSPS) is 12.2. The molecule has 0 aliphatic heterocycles. The molecule has 35 heavy (non-hydrogen) atoms. The van der Waals surface area contributed by atoms with Crippen molar-refractivity contribution in [3.63, 3.8) is 0 Å². The Kier molecular flexibility index (Phi) is 6.81. The molecule has 3 aromatic carbocycles. The van der Waals surface area contributed by atoms with Crippen molar-refractivity contribution in [1.82, 2.24) is 9.55 Å². The van der Waals surface area contributed by atoms with Crippen molar-refractivity contribution in [1.29, 1.82) is 0 Å². The molecular weight excluding hydrogens is 510 g/mol. The molecule has 0 fully saturated rings. The minimum Gasteiger partial charge on any atom is -0.384 e. The van der Waals surface area contributed by atoms with Gasteiger partial charge in [0, 0.05) is 18.9 Å². The monoisotopic (exact) mass is 532 g/mol. The molecule has 0 atom stereocenters. The number of hydrogen-bond donors (Lipinski definition) is 1. The molecule has 5 nitrogen and oxygen atoms in total. The van der Waals surface area contributed by atoms with Crippen LogP contribution in [0.4, 0.5) is 4.39 Å². The number of halogens is 3. The Bertz CT molecular complexity index is 1530. The Hall–Kier alpha value is -2.71. The van der Waals surface area contributed by atoms with Crippen molar-refractivity contribution < 1.29 is 17.9 Å². The van der Waals surface area contributed by atoms with Gasteiger partial charge in [-0.3, -0.25) is 0 Å². The van der Waals surface area contributed by atoms with E-state index in [4.69, 9.17) is 23.2 Å². The molecule has 1 aromatic heterocycles. The number of nitrogens with zero attached hydrogens (tertiary/aromatic N) is 2. The van der Waals surface area contributed by atoms with Gasteiger partial charge in [0.2, 0.25) is 0 Å². The molecule has 4 rings (SSSR count). The average molecular weight is 533 g/mol. The van der Waals surface area contributed by atoms with Gasteiger partial charge < -0.3 is 9.67 Å².